The van der Waals surface area contributed by atoms with Crippen molar-refractivity contribution in [3.05, 3.63) is 64.7 Å². The van der Waals surface area contributed by atoms with Crippen LogP contribution in [0.1, 0.15) is 59.8 Å². The van der Waals surface area contributed by atoms with Crippen molar-refractivity contribution < 1.29 is 13.9 Å². The second-order valence-corrected chi connectivity index (χ2v) is 7.63. The minimum absolute atomic E-state index is 0.0328. The van der Waals surface area contributed by atoms with Gasteiger partial charge in [0.15, 0.2) is 0 Å². The highest BCUT2D eigenvalue weighted by molar-refractivity contribution is 5.96. The summed E-state index contributed by atoms with van der Waals surface area (Å²) in [4.78, 5) is 19.4. The van der Waals surface area contributed by atoms with E-state index in [-0.39, 0.29) is 23.9 Å². The topological polar surface area (TPSA) is 42.4 Å². The molecule has 0 spiro atoms. The maximum Gasteiger partial charge on any atom is 0.254 e. The second kappa shape index (κ2) is 9.28. The molecule has 2 atom stereocenters. The van der Waals surface area contributed by atoms with Gasteiger partial charge in [-0.3, -0.25) is 9.78 Å². The summed E-state index contributed by atoms with van der Waals surface area (Å²) in [5.41, 5.74) is 3.58. The lowest BCUT2D eigenvalue weighted by Crippen LogP contribution is -2.52. The van der Waals surface area contributed by atoms with Crippen molar-refractivity contribution in [1.29, 1.82) is 0 Å². The molecular formula is C23H29FN2O2. The van der Waals surface area contributed by atoms with Crippen LogP contribution in [-0.2, 0) is 11.3 Å². The summed E-state index contributed by atoms with van der Waals surface area (Å²) in [5.74, 6) is -0.261. The van der Waals surface area contributed by atoms with E-state index in [1.54, 1.807) is 6.07 Å². The molecule has 5 heteroatoms. The van der Waals surface area contributed by atoms with E-state index in [1.807, 2.05) is 36.9 Å². The van der Waals surface area contributed by atoms with Crippen molar-refractivity contribution in [3.63, 3.8) is 0 Å². The Balaban J connectivity index is 1.76. The predicted octanol–water partition coefficient (Wildman–Crippen LogP) is 4.83. The lowest BCUT2D eigenvalue weighted by Gasteiger charge is -2.41. The van der Waals surface area contributed by atoms with Crippen LogP contribution in [0.25, 0.3) is 0 Å². The molecule has 150 valence electrons. The van der Waals surface area contributed by atoms with Crippen LogP contribution < -0.4 is 0 Å². The molecule has 2 heterocycles. The summed E-state index contributed by atoms with van der Waals surface area (Å²) in [5, 5.41) is 0. The first-order chi connectivity index (χ1) is 13.5. The fraction of sp³-hybridized carbons (Fsp3) is 0.478. The molecule has 1 aromatic carbocycles. The number of carbonyl (C=O) groups excluding carboxylic acids is 1. The normalized spacial score (nSPS) is 19.6. The zero-order chi connectivity index (χ0) is 20.1. The number of piperidine rings is 1. The van der Waals surface area contributed by atoms with E-state index in [1.165, 1.54) is 12.3 Å². The number of rotatable bonds is 6. The lowest BCUT2D eigenvalue weighted by atomic mass is 9.93. The number of likely N-dealkylation sites (tertiary alicyclic amines) is 1. The monoisotopic (exact) mass is 384 g/mol. The first-order valence-corrected chi connectivity index (χ1v) is 10.1. The van der Waals surface area contributed by atoms with Gasteiger partial charge >= 0.3 is 0 Å². The summed E-state index contributed by atoms with van der Waals surface area (Å²) in [7, 11) is 0. The molecule has 4 nitrogen and oxygen atoms in total. The number of amides is 1. The maximum atomic E-state index is 13.3. The Labute approximate surface area is 166 Å². The highest BCUT2D eigenvalue weighted by Crippen LogP contribution is 2.27. The van der Waals surface area contributed by atoms with E-state index in [0.717, 1.165) is 48.9 Å². The first-order valence-electron chi connectivity index (χ1n) is 10.1. The van der Waals surface area contributed by atoms with Gasteiger partial charge in [0.1, 0.15) is 5.82 Å². The number of hydrogen-bond donors (Lipinski definition) is 0. The Morgan fingerprint density at radius 2 is 2.11 bits per heavy atom. The third-order valence-corrected chi connectivity index (χ3v) is 5.42. The SMILES string of the molecule is CCCC1[C@@H](OCc2ccc(F)cn2)CCCN1C(=O)c1cc(C)ccc1C. The van der Waals surface area contributed by atoms with Gasteiger partial charge in [-0.25, -0.2) is 4.39 Å². The number of benzene rings is 1. The fourth-order valence-corrected chi connectivity index (χ4v) is 3.91. The highest BCUT2D eigenvalue weighted by Gasteiger charge is 2.35. The molecule has 0 radical (unpaired) electrons. The number of halogens is 1. The molecular weight excluding hydrogens is 355 g/mol. The third-order valence-electron chi connectivity index (χ3n) is 5.42. The Morgan fingerprint density at radius 1 is 1.29 bits per heavy atom. The van der Waals surface area contributed by atoms with Gasteiger partial charge in [-0.05, 0) is 56.9 Å². The molecule has 1 amide bonds. The van der Waals surface area contributed by atoms with E-state index in [2.05, 4.69) is 11.9 Å². The van der Waals surface area contributed by atoms with E-state index >= 15 is 0 Å². The van der Waals surface area contributed by atoms with Crippen LogP contribution in [0.3, 0.4) is 0 Å². The molecule has 1 unspecified atom stereocenters. The average molecular weight is 384 g/mol. The number of nitrogens with zero attached hydrogens (tertiary/aromatic N) is 2. The molecule has 28 heavy (non-hydrogen) atoms. The second-order valence-electron chi connectivity index (χ2n) is 7.63. The van der Waals surface area contributed by atoms with Crippen molar-refractivity contribution in [2.24, 2.45) is 0 Å². The quantitative estimate of drug-likeness (QED) is 0.716. The van der Waals surface area contributed by atoms with Gasteiger partial charge in [0, 0.05) is 12.1 Å². The van der Waals surface area contributed by atoms with E-state index < -0.39 is 0 Å². The van der Waals surface area contributed by atoms with Crippen LogP contribution in [0.5, 0.6) is 0 Å². The summed E-state index contributed by atoms with van der Waals surface area (Å²) < 4.78 is 19.2. The number of aromatic nitrogens is 1. The summed E-state index contributed by atoms with van der Waals surface area (Å²) in [6.45, 7) is 7.22. The molecule has 0 saturated carbocycles. The van der Waals surface area contributed by atoms with Crippen molar-refractivity contribution in [3.8, 4) is 0 Å². The van der Waals surface area contributed by atoms with E-state index in [0.29, 0.717) is 12.3 Å². The number of ether oxygens (including phenoxy) is 1. The van der Waals surface area contributed by atoms with Crippen molar-refractivity contribution in [2.75, 3.05) is 6.54 Å². The zero-order valence-corrected chi connectivity index (χ0v) is 17.0. The minimum Gasteiger partial charge on any atom is -0.370 e. The standard InChI is InChI=1S/C23H29FN2O2/c1-4-6-21-22(28-15-19-11-10-18(24)14-25-19)7-5-12-26(21)23(27)20-13-16(2)8-9-17(20)3/h8-11,13-14,21-22H,4-7,12,15H2,1-3H3/t21?,22-/m0/s1. The lowest BCUT2D eigenvalue weighted by molar-refractivity contribution is -0.0459. The number of aryl methyl sites for hydroxylation is 2. The molecule has 2 aromatic rings. The molecule has 0 bridgehead atoms. The van der Waals surface area contributed by atoms with Gasteiger partial charge in [-0.15, -0.1) is 0 Å². The zero-order valence-electron chi connectivity index (χ0n) is 17.0. The molecule has 1 saturated heterocycles. The molecule has 1 aliphatic heterocycles. The summed E-state index contributed by atoms with van der Waals surface area (Å²) in [6, 6.07) is 9.11. The third kappa shape index (κ3) is 4.76. The molecule has 1 aliphatic rings. The summed E-state index contributed by atoms with van der Waals surface area (Å²) >= 11 is 0. The fourth-order valence-electron chi connectivity index (χ4n) is 3.91. The van der Waals surface area contributed by atoms with Gasteiger partial charge in [-0.2, -0.15) is 0 Å². The highest BCUT2D eigenvalue weighted by atomic mass is 19.1. The molecule has 0 aliphatic carbocycles. The van der Waals surface area contributed by atoms with Crippen LogP contribution in [0.4, 0.5) is 4.39 Å². The van der Waals surface area contributed by atoms with Crippen LogP contribution in [0.15, 0.2) is 36.5 Å². The van der Waals surface area contributed by atoms with Gasteiger partial charge in [-0.1, -0.05) is 31.0 Å². The van der Waals surface area contributed by atoms with Crippen molar-refractivity contribution >= 4 is 5.91 Å². The first kappa shape index (κ1) is 20.5. The Kier molecular flexibility index (Phi) is 6.79. The molecule has 3 rings (SSSR count). The van der Waals surface area contributed by atoms with E-state index in [9.17, 15) is 9.18 Å². The molecule has 0 N–H and O–H groups in total. The smallest absolute Gasteiger partial charge is 0.254 e. The van der Waals surface area contributed by atoms with Gasteiger partial charge in [0.2, 0.25) is 0 Å². The Bertz CT molecular complexity index is 807. The average Bonchev–Trinajstić information content (AvgIpc) is 2.70. The van der Waals surface area contributed by atoms with Crippen molar-refractivity contribution in [1.82, 2.24) is 9.88 Å². The predicted molar refractivity (Wildman–Crippen MR) is 108 cm³/mol. The van der Waals surface area contributed by atoms with Crippen LogP contribution >= 0.6 is 0 Å². The summed E-state index contributed by atoms with van der Waals surface area (Å²) in [6.07, 6.45) is 4.89. The Morgan fingerprint density at radius 3 is 2.82 bits per heavy atom. The van der Waals surface area contributed by atoms with Gasteiger partial charge in [0.05, 0.1) is 30.6 Å². The van der Waals surface area contributed by atoms with Crippen LogP contribution in [0, 0.1) is 19.7 Å². The Hall–Kier alpha value is -2.27. The van der Waals surface area contributed by atoms with Crippen LogP contribution in [-0.4, -0.2) is 34.5 Å². The largest absolute Gasteiger partial charge is 0.370 e. The van der Waals surface area contributed by atoms with Gasteiger partial charge < -0.3 is 9.64 Å². The maximum absolute atomic E-state index is 13.3. The minimum atomic E-state index is -0.351. The van der Waals surface area contributed by atoms with Crippen LogP contribution in [0.2, 0.25) is 0 Å². The number of carbonyl (C=O) groups is 1. The van der Waals surface area contributed by atoms with Gasteiger partial charge in [0.25, 0.3) is 5.91 Å². The molecule has 1 fully saturated rings. The molecule has 1 aromatic heterocycles. The van der Waals surface area contributed by atoms with E-state index in [4.69, 9.17) is 4.74 Å². The number of hydrogen-bond acceptors (Lipinski definition) is 3. The number of pyridine rings is 1. The van der Waals surface area contributed by atoms with Crippen molar-refractivity contribution in [2.45, 2.75) is 65.2 Å².